The number of carbonyl (C=O) groups excluding carboxylic acids is 1. The molecule has 0 aliphatic carbocycles. The molecule has 0 saturated heterocycles. The second kappa shape index (κ2) is 4.90. The Balaban J connectivity index is 3.49. The van der Waals surface area contributed by atoms with Crippen LogP contribution in [0.3, 0.4) is 0 Å². The molecular formula is C11H8BrNO3. The summed E-state index contributed by atoms with van der Waals surface area (Å²) in [5.41, 5.74) is 0.373. The Labute approximate surface area is 101 Å². The van der Waals surface area contributed by atoms with Crippen molar-refractivity contribution < 1.29 is 14.7 Å². The Morgan fingerprint density at radius 3 is 2.56 bits per heavy atom. The molecule has 1 aromatic rings. The van der Waals surface area contributed by atoms with Crippen molar-refractivity contribution in [3.8, 4) is 6.07 Å². The number of hydrogen-bond acceptors (Lipinski definition) is 3. The molecule has 0 spiro atoms. The number of carboxylic acids is 1. The second-order valence-corrected chi connectivity index (χ2v) is 4.07. The maximum absolute atomic E-state index is 11.2. The van der Waals surface area contributed by atoms with E-state index in [1.165, 1.54) is 25.1 Å². The summed E-state index contributed by atoms with van der Waals surface area (Å²) in [5, 5.41) is 17.9. The molecule has 82 valence electrons. The van der Waals surface area contributed by atoms with Gasteiger partial charge in [0.15, 0.2) is 0 Å². The molecule has 5 heteroatoms. The van der Waals surface area contributed by atoms with Crippen LogP contribution in [0.2, 0.25) is 0 Å². The number of nitrogens with zero attached hydrogens (tertiary/aromatic N) is 1. The number of benzene rings is 1. The number of ketones is 1. The number of alkyl halides is 1. The van der Waals surface area contributed by atoms with Crippen molar-refractivity contribution in [1.82, 2.24) is 0 Å². The Bertz CT molecular complexity index is 490. The van der Waals surface area contributed by atoms with Gasteiger partial charge in [-0.25, -0.2) is 4.79 Å². The smallest absolute Gasteiger partial charge is 0.336 e. The maximum Gasteiger partial charge on any atom is 0.336 e. The van der Waals surface area contributed by atoms with E-state index in [1.807, 2.05) is 6.07 Å². The minimum atomic E-state index is -1.15. The Morgan fingerprint density at radius 2 is 2.12 bits per heavy atom. The van der Waals surface area contributed by atoms with Gasteiger partial charge in [0.1, 0.15) is 5.78 Å². The molecule has 1 aromatic carbocycles. The van der Waals surface area contributed by atoms with Gasteiger partial charge in [-0.1, -0.05) is 22.0 Å². The molecule has 0 heterocycles. The van der Waals surface area contributed by atoms with E-state index in [0.717, 1.165) is 0 Å². The Hall–Kier alpha value is -1.67. The average molecular weight is 282 g/mol. The van der Waals surface area contributed by atoms with Gasteiger partial charge < -0.3 is 5.11 Å². The predicted octanol–water partition coefficient (Wildman–Crippen LogP) is 2.28. The SMILES string of the molecule is CC(=O)C(Br)c1c(C#N)cccc1C(=O)O. The van der Waals surface area contributed by atoms with Crippen LogP contribution in [0.15, 0.2) is 18.2 Å². The largest absolute Gasteiger partial charge is 0.478 e. The number of nitriles is 1. The summed E-state index contributed by atoms with van der Waals surface area (Å²) in [4.78, 5) is 21.4. The van der Waals surface area contributed by atoms with E-state index in [9.17, 15) is 9.59 Å². The number of halogens is 1. The third-order valence-electron chi connectivity index (χ3n) is 2.07. The number of hydrogen-bond donors (Lipinski definition) is 1. The van der Waals surface area contributed by atoms with Crippen molar-refractivity contribution >= 4 is 27.7 Å². The van der Waals surface area contributed by atoms with Gasteiger partial charge in [-0.15, -0.1) is 0 Å². The summed E-state index contributed by atoms with van der Waals surface area (Å²) in [6.07, 6.45) is 0. The highest BCUT2D eigenvalue weighted by molar-refractivity contribution is 9.09. The van der Waals surface area contributed by atoms with Crippen molar-refractivity contribution in [2.75, 3.05) is 0 Å². The van der Waals surface area contributed by atoms with Crippen LogP contribution in [0, 0.1) is 11.3 Å². The van der Waals surface area contributed by atoms with Crippen molar-refractivity contribution in [2.24, 2.45) is 0 Å². The third-order valence-corrected chi connectivity index (χ3v) is 3.17. The summed E-state index contributed by atoms with van der Waals surface area (Å²) in [7, 11) is 0. The number of rotatable bonds is 3. The minimum Gasteiger partial charge on any atom is -0.478 e. The fraction of sp³-hybridized carbons (Fsp3) is 0.182. The highest BCUT2D eigenvalue weighted by atomic mass is 79.9. The first kappa shape index (κ1) is 12.4. The monoisotopic (exact) mass is 281 g/mol. The topological polar surface area (TPSA) is 78.2 Å². The predicted molar refractivity (Wildman–Crippen MR) is 60.5 cm³/mol. The molecule has 4 nitrogen and oxygen atoms in total. The van der Waals surface area contributed by atoms with Gasteiger partial charge in [0.05, 0.1) is 22.0 Å². The molecule has 0 saturated carbocycles. The molecule has 0 aromatic heterocycles. The van der Waals surface area contributed by atoms with Gasteiger partial charge in [0.2, 0.25) is 0 Å². The summed E-state index contributed by atoms with van der Waals surface area (Å²) >= 11 is 3.10. The van der Waals surface area contributed by atoms with Crippen molar-refractivity contribution in [3.05, 3.63) is 34.9 Å². The molecular weight excluding hydrogens is 274 g/mol. The number of Topliss-reactive ketones (excluding diaryl/α,β-unsaturated/α-hetero) is 1. The van der Waals surface area contributed by atoms with Crippen molar-refractivity contribution in [2.45, 2.75) is 11.8 Å². The molecule has 1 atom stereocenters. The molecule has 0 fully saturated rings. The standard InChI is InChI=1S/C11H8BrNO3/c1-6(14)10(12)9-7(5-13)3-2-4-8(9)11(15)16/h2-4,10H,1H3,(H,15,16). The molecule has 0 aliphatic heterocycles. The van der Waals surface area contributed by atoms with Gasteiger partial charge in [0.25, 0.3) is 0 Å². The lowest BCUT2D eigenvalue weighted by Gasteiger charge is -2.11. The lowest BCUT2D eigenvalue weighted by Crippen LogP contribution is -2.10. The van der Waals surface area contributed by atoms with Crippen molar-refractivity contribution in [1.29, 1.82) is 5.26 Å². The lowest BCUT2D eigenvalue weighted by atomic mass is 9.97. The van der Waals surface area contributed by atoms with Crippen LogP contribution in [0.5, 0.6) is 0 Å². The van der Waals surface area contributed by atoms with Crippen molar-refractivity contribution in [3.63, 3.8) is 0 Å². The van der Waals surface area contributed by atoms with E-state index in [4.69, 9.17) is 10.4 Å². The van der Waals surface area contributed by atoms with Crippen LogP contribution < -0.4 is 0 Å². The van der Waals surface area contributed by atoms with Gasteiger partial charge in [-0.3, -0.25) is 4.79 Å². The van der Waals surface area contributed by atoms with Crippen LogP contribution in [-0.4, -0.2) is 16.9 Å². The minimum absolute atomic E-state index is 0.0314. The van der Waals surface area contributed by atoms with E-state index in [1.54, 1.807) is 0 Å². The zero-order valence-corrected chi connectivity index (χ0v) is 9.98. The van der Waals surface area contributed by atoms with Crippen LogP contribution in [0.1, 0.15) is 33.2 Å². The fourth-order valence-electron chi connectivity index (χ4n) is 1.33. The first-order valence-corrected chi connectivity index (χ1v) is 5.31. The lowest BCUT2D eigenvalue weighted by molar-refractivity contribution is -0.116. The highest BCUT2D eigenvalue weighted by Crippen LogP contribution is 2.30. The molecule has 0 bridgehead atoms. The van der Waals surface area contributed by atoms with E-state index < -0.39 is 10.8 Å². The van der Waals surface area contributed by atoms with Crippen LogP contribution in [0.25, 0.3) is 0 Å². The van der Waals surface area contributed by atoms with Gasteiger partial charge in [-0.2, -0.15) is 5.26 Å². The average Bonchev–Trinajstić information content (AvgIpc) is 2.26. The molecule has 1 unspecified atom stereocenters. The number of carbonyl (C=O) groups is 2. The molecule has 0 amide bonds. The zero-order chi connectivity index (χ0) is 12.3. The summed E-state index contributed by atoms with van der Waals surface area (Å²) < 4.78 is 0. The van der Waals surface area contributed by atoms with E-state index in [0.29, 0.717) is 0 Å². The van der Waals surface area contributed by atoms with Gasteiger partial charge in [-0.05, 0) is 19.1 Å². The quantitative estimate of drug-likeness (QED) is 0.863. The first-order chi connectivity index (χ1) is 7.49. The Morgan fingerprint density at radius 1 is 1.50 bits per heavy atom. The Kier molecular flexibility index (Phi) is 3.80. The van der Waals surface area contributed by atoms with Gasteiger partial charge >= 0.3 is 5.97 Å². The fourth-order valence-corrected chi connectivity index (χ4v) is 1.82. The van der Waals surface area contributed by atoms with E-state index >= 15 is 0 Å². The molecule has 0 radical (unpaired) electrons. The number of carboxylic acid groups (broad SMARTS) is 1. The van der Waals surface area contributed by atoms with Crippen LogP contribution in [-0.2, 0) is 4.79 Å². The third kappa shape index (κ3) is 2.28. The van der Waals surface area contributed by atoms with Crippen LogP contribution >= 0.6 is 15.9 Å². The molecule has 1 rings (SSSR count). The van der Waals surface area contributed by atoms with E-state index in [-0.39, 0.29) is 22.5 Å². The zero-order valence-electron chi connectivity index (χ0n) is 8.40. The molecule has 1 N–H and O–H groups in total. The summed E-state index contributed by atoms with van der Waals surface area (Å²) in [6.45, 7) is 1.33. The normalized spacial score (nSPS) is 11.6. The van der Waals surface area contributed by atoms with Crippen LogP contribution in [0.4, 0.5) is 0 Å². The summed E-state index contributed by atoms with van der Waals surface area (Å²) in [6, 6.07) is 6.21. The summed E-state index contributed by atoms with van der Waals surface area (Å²) in [5.74, 6) is -1.40. The second-order valence-electron chi connectivity index (χ2n) is 3.16. The number of aromatic carboxylic acids is 1. The first-order valence-electron chi connectivity index (χ1n) is 4.40. The molecule has 16 heavy (non-hydrogen) atoms. The van der Waals surface area contributed by atoms with E-state index in [2.05, 4.69) is 15.9 Å². The highest BCUT2D eigenvalue weighted by Gasteiger charge is 2.23. The molecule has 0 aliphatic rings. The maximum atomic E-state index is 11.2. The van der Waals surface area contributed by atoms with Gasteiger partial charge in [0, 0.05) is 5.56 Å².